The molecule has 4 rings (SSSR count). The summed E-state index contributed by atoms with van der Waals surface area (Å²) < 4.78 is 5.57. The number of phenolic OH excluding ortho intramolecular Hbond substituents is 1. The molecule has 0 unspecified atom stereocenters. The third-order valence-corrected chi connectivity index (χ3v) is 5.60. The first-order valence-corrected chi connectivity index (χ1v) is 9.95. The molecule has 0 amide bonds. The quantitative estimate of drug-likeness (QED) is 0.674. The van der Waals surface area contributed by atoms with Gasteiger partial charge in [-0.25, -0.2) is 0 Å². The molecule has 28 heavy (non-hydrogen) atoms. The van der Waals surface area contributed by atoms with E-state index in [-0.39, 0.29) is 17.8 Å². The largest absolute Gasteiger partial charge is 0.507 e. The number of phenols is 1. The van der Waals surface area contributed by atoms with Crippen LogP contribution in [0.1, 0.15) is 24.1 Å². The van der Waals surface area contributed by atoms with Gasteiger partial charge >= 0.3 is 0 Å². The van der Waals surface area contributed by atoms with Crippen molar-refractivity contribution >= 4 is 17.0 Å². The van der Waals surface area contributed by atoms with E-state index < -0.39 is 0 Å². The predicted molar refractivity (Wildman–Crippen MR) is 113 cm³/mol. The molecule has 0 radical (unpaired) electrons. The number of nitrogens with one attached hydrogen (secondary N) is 1. The molecule has 0 spiro atoms. The summed E-state index contributed by atoms with van der Waals surface area (Å²) in [6, 6.07) is 22.7. The van der Waals surface area contributed by atoms with E-state index in [1.54, 1.807) is 6.07 Å². The predicted octanol–water partition coefficient (Wildman–Crippen LogP) is 3.01. The first kappa shape index (κ1) is 18.7. The number of hydrogen-bond acceptors (Lipinski definition) is 3. The van der Waals surface area contributed by atoms with Gasteiger partial charge in [0.2, 0.25) is 0 Å². The van der Waals surface area contributed by atoms with E-state index in [9.17, 15) is 5.11 Å². The Morgan fingerprint density at radius 1 is 0.964 bits per heavy atom. The number of nitrogens with zero attached hydrogens (tertiary/aromatic N) is 1. The van der Waals surface area contributed by atoms with Crippen LogP contribution in [0.15, 0.2) is 71.7 Å². The van der Waals surface area contributed by atoms with Gasteiger partial charge in [-0.1, -0.05) is 60.7 Å². The highest BCUT2D eigenvalue weighted by Crippen LogP contribution is 2.26. The van der Waals surface area contributed by atoms with Gasteiger partial charge < -0.3 is 14.7 Å². The highest BCUT2D eigenvalue weighted by molar-refractivity contribution is 6.02. The van der Waals surface area contributed by atoms with Crippen LogP contribution in [-0.2, 0) is 4.74 Å². The average Bonchev–Trinajstić information content (AvgIpc) is 2.75. The maximum Gasteiger partial charge on any atom is 0.136 e. The lowest BCUT2D eigenvalue weighted by Crippen LogP contribution is -3.15. The molecule has 144 valence electrons. The van der Waals surface area contributed by atoms with Gasteiger partial charge in [0.05, 0.1) is 13.2 Å². The van der Waals surface area contributed by atoms with Crippen molar-refractivity contribution in [3.05, 3.63) is 77.9 Å². The Kier molecular flexibility index (Phi) is 5.70. The molecule has 1 heterocycles. The van der Waals surface area contributed by atoms with E-state index in [4.69, 9.17) is 9.73 Å². The minimum atomic E-state index is 0.0777. The number of aliphatic imine (C=N–C) groups is 1. The molecule has 1 aliphatic heterocycles. The van der Waals surface area contributed by atoms with Crippen molar-refractivity contribution in [2.45, 2.75) is 19.0 Å². The first-order chi connectivity index (χ1) is 13.7. The number of morpholine rings is 1. The van der Waals surface area contributed by atoms with E-state index in [0.29, 0.717) is 0 Å². The molecule has 1 saturated heterocycles. The van der Waals surface area contributed by atoms with Gasteiger partial charge in [0.25, 0.3) is 0 Å². The fourth-order valence-electron chi connectivity index (χ4n) is 4.16. The number of quaternary nitrogens is 1. The minimum Gasteiger partial charge on any atom is -0.507 e. The topological polar surface area (TPSA) is 46.3 Å². The molecule has 0 aliphatic carbocycles. The Hall–Kier alpha value is -2.69. The standard InChI is InChI=1S/C24H26N2O2/c1-18(24(20-8-3-2-4-9-20)26-13-15-28-16-14-26)25-17-22-21-10-6-5-7-19(21)11-12-23(22)27/h2-12,17-18,24,27H,13-16H2,1H3/p+1/t18-,24-/m0/s1. The van der Waals surface area contributed by atoms with E-state index in [1.807, 2.05) is 30.5 Å². The van der Waals surface area contributed by atoms with Gasteiger partial charge in [0, 0.05) is 17.3 Å². The Balaban J connectivity index is 1.66. The zero-order chi connectivity index (χ0) is 19.3. The van der Waals surface area contributed by atoms with Gasteiger partial charge in [-0.3, -0.25) is 4.99 Å². The van der Waals surface area contributed by atoms with Crippen LogP contribution >= 0.6 is 0 Å². The number of aromatic hydroxyl groups is 1. The number of fused-ring (bicyclic) bond motifs is 1. The van der Waals surface area contributed by atoms with E-state index >= 15 is 0 Å². The summed E-state index contributed by atoms with van der Waals surface area (Å²) >= 11 is 0. The second-order valence-electron chi connectivity index (χ2n) is 7.40. The Morgan fingerprint density at radius 3 is 2.46 bits per heavy atom. The van der Waals surface area contributed by atoms with Crippen LogP contribution in [0.4, 0.5) is 0 Å². The molecule has 0 aromatic heterocycles. The maximum absolute atomic E-state index is 10.4. The zero-order valence-corrected chi connectivity index (χ0v) is 16.2. The molecule has 1 aliphatic rings. The van der Waals surface area contributed by atoms with Crippen molar-refractivity contribution in [2.24, 2.45) is 4.99 Å². The van der Waals surface area contributed by atoms with Crippen LogP contribution in [-0.4, -0.2) is 43.7 Å². The summed E-state index contributed by atoms with van der Waals surface area (Å²) in [6.45, 7) is 5.72. The number of ether oxygens (including phenoxy) is 1. The molecule has 4 nitrogen and oxygen atoms in total. The molecule has 3 aromatic carbocycles. The van der Waals surface area contributed by atoms with Gasteiger partial charge in [-0.05, 0) is 23.8 Å². The normalized spacial score (nSPS) is 17.8. The second kappa shape index (κ2) is 8.55. The Morgan fingerprint density at radius 2 is 1.68 bits per heavy atom. The lowest BCUT2D eigenvalue weighted by Gasteiger charge is -2.33. The molecular weight excluding hydrogens is 348 g/mol. The number of benzene rings is 3. The fraction of sp³-hybridized carbons (Fsp3) is 0.292. The summed E-state index contributed by atoms with van der Waals surface area (Å²) in [5, 5.41) is 12.5. The van der Waals surface area contributed by atoms with Crippen LogP contribution in [0, 0.1) is 0 Å². The SMILES string of the molecule is C[C@H](N=Cc1c(O)ccc2ccccc12)[C@@H](c1ccccc1)[NH+]1CCOCC1. The summed E-state index contributed by atoms with van der Waals surface area (Å²) in [5.41, 5.74) is 2.08. The van der Waals surface area contributed by atoms with Crippen LogP contribution in [0.2, 0.25) is 0 Å². The van der Waals surface area contributed by atoms with Crippen molar-refractivity contribution in [1.29, 1.82) is 0 Å². The van der Waals surface area contributed by atoms with Crippen LogP contribution in [0.25, 0.3) is 10.8 Å². The maximum atomic E-state index is 10.4. The fourth-order valence-corrected chi connectivity index (χ4v) is 4.16. The van der Waals surface area contributed by atoms with Crippen molar-refractivity contribution in [3.8, 4) is 5.75 Å². The van der Waals surface area contributed by atoms with Crippen molar-refractivity contribution in [1.82, 2.24) is 0 Å². The highest BCUT2D eigenvalue weighted by Gasteiger charge is 2.31. The molecule has 1 fully saturated rings. The first-order valence-electron chi connectivity index (χ1n) is 9.95. The Labute approximate surface area is 166 Å². The monoisotopic (exact) mass is 375 g/mol. The van der Waals surface area contributed by atoms with Crippen molar-refractivity contribution in [3.63, 3.8) is 0 Å². The summed E-state index contributed by atoms with van der Waals surface area (Å²) in [7, 11) is 0. The molecular formula is C24H27N2O2+. The van der Waals surface area contributed by atoms with Crippen LogP contribution < -0.4 is 4.90 Å². The van der Waals surface area contributed by atoms with E-state index in [1.165, 1.54) is 10.5 Å². The molecule has 0 saturated carbocycles. The van der Waals surface area contributed by atoms with E-state index in [2.05, 4.69) is 43.3 Å². The zero-order valence-electron chi connectivity index (χ0n) is 16.2. The number of hydrogen-bond donors (Lipinski definition) is 2. The van der Waals surface area contributed by atoms with Gasteiger partial charge in [0.1, 0.15) is 30.9 Å². The smallest absolute Gasteiger partial charge is 0.136 e. The Bertz CT molecular complexity index is 949. The van der Waals surface area contributed by atoms with E-state index in [0.717, 1.165) is 42.6 Å². The summed E-state index contributed by atoms with van der Waals surface area (Å²) in [6.07, 6.45) is 1.85. The number of rotatable bonds is 5. The lowest BCUT2D eigenvalue weighted by atomic mass is 9.98. The second-order valence-corrected chi connectivity index (χ2v) is 7.40. The van der Waals surface area contributed by atoms with Gasteiger partial charge in [-0.2, -0.15) is 0 Å². The van der Waals surface area contributed by atoms with Gasteiger partial charge in [-0.15, -0.1) is 0 Å². The minimum absolute atomic E-state index is 0.0777. The average molecular weight is 375 g/mol. The lowest BCUT2D eigenvalue weighted by molar-refractivity contribution is -0.940. The molecule has 4 heteroatoms. The van der Waals surface area contributed by atoms with Crippen molar-refractivity contribution < 1.29 is 14.7 Å². The molecule has 2 atom stereocenters. The summed E-state index contributed by atoms with van der Waals surface area (Å²) in [4.78, 5) is 6.41. The van der Waals surface area contributed by atoms with Crippen LogP contribution in [0.5, 0.6) is 5.75 Å². The van der Waals surface area contributed by atoms with Crippen molar-refractivity contribution in [2.75, 3.05) is 26.3 Å². The third kappa shape index (κ3) is 3.93. The molecule has 0 bridgehead atoms. The van der Waals surface area contributed by atoms with Crippen LogP contribution in [0.3, 0.4) is 0 Å². The van der Waals surface area contributed by atoms with Gasteiger partial charge in [0.15, 0.2) is 0 Å². The highest BCUT2D eigenvalue weighted by atomic mass is 16.5. The molecule has 3 aromatic rings. The third-order valence-electron chi connectivity index (χ3n) is 5.60. The molecule has 2 N–H and O–H groups in total. The summed E-state index contributed by atoms with van der Waals surface area (Å²) in [5.74, 6) is 0.268.